The molecule has 16 heavy (non-hydrogen) atoms. The van der Waals surface area contributed by atoms with E-state index in [4.69, 9.17) is 5.73 Å². The summed E-state index contributed by atoms with van der Waals surface area (Å²) in [6.07, 6.45) is 5.52. The van der Waals surface area contributed by atoms with Crippen LogP contribution in [0.15, 0.2) is 34.8 Å². The van der Waals surface area contributed by atoms with Crippen molar-refractivity contribution in [2.24, 2.45) is 12.8 Å². The van der Waals surface area contributed by atoms with Crippen molar-refractivity contribution in [1.82, 2.24) is 14.5 Å². The number of imidazole rings is 1. The maximum atomic E-state index is 5.57. The van der Waals surface area contributed by atoms with Crippen LogP contribution >= 0.6 is 11.8 Å². The third-order valence-corrected chi connectivity index (χ3v) is 3.48. The van der Waals surface area contributed by atoms with Crippen LogP contribution in [0.5, 0.6) is 0 Å². The number of hydrogen-bond acceptors (Lipinski definition) is 4. The predicted molar refractivity (Wildman–Crippen MR) is 64.2 cm³/mol. The van der Waals surface area contributed by atoms with Crippen LogP contribution in [0.25, 0.3) is 0 Å². The molecule has 0 aliphatic rings. The van der Waals surface area contributed by atoms with Gasteiger partial charge in [-0.2, -0.15) is 0 Å². The average Bonchev–Trinajstić information content (AvgIpc) is 2.67. The fourth-order valence-electron chi connectivity index (χ4n) is 1.38. The van der Waals surface area contributed by atoms with Crippen LogP contribution in [0.4, 0.5) is 0 Å². The molecule has 4 nitrogen and oxygen atoms in total. The molecule has 0 saturated carbocycles. The van der Waals surface area contributed by atoms with Gasteiger partial charge in [-0.05, 0) is 29.8 Å². The monoisotopic (exact) mass is 234 g/mol. The van der Waals surface area contributed by atoms with E-state index in [2.05, 4.69) is 16.0 Å². The minimum Gasteiger partial charge on any atom is -0.329 e. The molecule has 5 heteroatoms. The lowest BCUT2D eigenvalue weighted by Gasteiger charge is -2.05. The molecule has 2 N–H and O–H groups in total. The number of rotatable bonds is 3. The van der Waals surface area contributed by atoms with Crippen molar-refractivity contribution in [3.8, 4) is 0 Å². The van der Waals surface area contributed by atoms with Crippen molar-refractivity contribution in [2.45, 2.75) is 23.7 Å². The second kappa shape index (κ2) is 4.67. The van der Waals surface area contributed by atoms with Gasteiger partial charge in [0.25, 0.3) is 0 Å². The summed E-state index contributed by atoms with van der Waals surface area (Å²) in [6, 6.07) is 2.07. The molecule has 2 aromatic heterocycles. The molecular formula is C11H14N4S. The maximum absolute atomic E-state index is 5.57. The van der Waals surface area contributed by atoms with Crippen LogP contribution in [0.3, 0.4) is 0 Å². The van der Waals surface area contributed by atoms with Crippen LogP contribution in [0, 0.1) is 6.92 Å². The molecule has 0 atom stereocenters. The molecule has 2 rings (SSSR count). The quantitative estimate of drug-likeness (QED) is 0.878. The smallest absolute Gasteiger partial charge is 0.174 e. The first-order chi connectivity index (χ1) is 7.70. The summed E-state index contributed by atoms with van der Waals surface area (Å²) in [5, 5.41) is 1.92. The number of hydrogen-bond donors (Lipinski definition) is 1. The van der Waals surface area contributed by atoms with E-state index in [1.165, 1.54) is 0 Å². The zero-order valence-electron chi connectivity index (χ0n) is 9.34. The molecule has 0 amide bonds. The number of nitrogens with zero attached hydrogens (tertiary/aromatic N) is 3. The van der Waals surface area contributed by atoms with E-state index in [9.17, 15) is 0 Å². The Morgan fingerprint density at radius 3 is 2.81 bits per heavy atom. The highest BCUT2D eigenvalue weighted by Crippen LogP contribution is 2.26. The maximum Gasteiger partial charge on any atom is 0.174 e. The molecule has 0 radical (unpaired) electrons. The second-order valence-electron chi connectivity index (χ2n) is 3.59. The summed E-state index contributed by atoms with van der Waals surface area (Å²) >= 11 is 1.57. The lowest BCUT2D eigenvalue weighted by Crippen LogP contribution is -1.99. The van der Waals surface area contributed by atoms with Crippen LogP contribution in [0.1, 0.15) is 11.1 Å². The molecule has 84 valence electrons. The largest absolute Gasteiger partial charge is 0.329 e. The fraction of sp³-hybridized carbons (Fsp3) is 0.273. The van der Waals surface area contributed by atoms with Gasteiger partial charge in [0, 0.05) is 32.2 Å². The summed E-state index contributed by atoms with van der Waals surface area (Å²) in [4.78, 5) is 8.65. The highest BCUT2D eigenvalue weighted by molar-refractivity contribution is 7.99. The van der Waals surface area contributed by atoms with E-state index in [1.807, 2.05) is 30.9 Å². The first kappa shape index (κ1) is 11.2. The number of nitrogens with two attached hydrogens (primary N) is 1. The Bertz CT molecular complexity index is 492. The summed E-state index contributed by atoms with van der Waals surface area (Å²) in [5.74, 6) is 0. The van der Waals surface area contributed by atoms with Gasteiger partial charge in [0.1, 0.15) is 5.03 Å². The average molecular weight is 234 g/mol. The van der Waals surface area contributed by atoms with Gasteiger partial charge in [-0.3, -0.25) is 0 Å². The molecular weight excluding hydrogens is 220 g/mol. The van der Waals surface area contributed by atoms with Gasteiger partial charge in [-0.25, -0.2) is 9.97 Å². The molecule has 0 aromatic carbocycles. The molecule has 0 bridgehead atoms. The fourth-order valence-corrected chi connectivity index (χ4v) is 2.19. The SMILES string of the molecule is Cc1cc(CN)cnc1Sc1nccn1C. The minimum atomic E-state index is 0.529. The lowest BCUT2D eigenvalue weighted by atomic mass is 10.2. The Morgan fingerprint density at radius 1 is 1.44 bits per heavy atom. The molecule has 0 aliphatic heterocycles. The van der Waals surface area contributed by atoms with Crippen LogP contribution in [0.2, 0.25) is 0 Å². The summed E-state index contributed by atoms with van der Waals surface area (Å²) in [7, 11) is 1.97. The third-order valence-electron chi connectivity index (χ3n) is 2.29. The van der Waals surface area contributed by atoms with E-state index < -0.39 is 0 Å². The molecule has 0 unspecified atom stereocenters. The van der Waals surface area contributed by atoms with Gasteiger partial charge < -0.3 is 10.3 Å². The molecule has 0 fully saturated rings. The van der Waals surface area contributed by atoms with Gasteiger partial charge in [-0.1, -0.05) is 6.07 Å². The standard InChI is InChI=1S/C11H14N4S/c1-8-5-9(6-12)7-14-10(8)16-11-13-3-4-15(11)2/h3-5,7H,6,12H2,1-2H3. The molecule has 0 saturated heterocycles. The van der Waals surface area contributed by atoms with Crippen LogP contribution < -0.4 is 5.73 Å². The first-order valence-corrected chi connectivity index (χ1v) is 5.83. The highest BCUT2D eigenvalue weighted by Gasteiger charge is 2.06. The van der Waals surface area contributed by atoms with Crippen molar-refractivity contribution >= 4 is 11.8 Å². The molecule has 0 spiro atoms. The van der Waals surface area contributed by atoms with Gasteiger partial charge in [0.2, 0.25) is 0 Å². The van der Waals surface area contributed by atoms with Crippen molar-refractivity contribution in [3.63, 3.8) is 0 Å². The summed E-state index contributed by atoms with van der Waals surface area (Å²) in [5.41, 5.74) is 7.76. The normalized spacial score (nSPS) is 10.7. The van der Waals surface area contributed by atoms with Gasteiger partial charge >= 0.3 is 0 Å². The highest BCUT2D eigenvalue weighted by atomic mass is 32.2. The van der Waals surface area contributed by atoms with Crippen LogP contribution in [-0.2, 0) is 13.6 Å². The van der Waals surface area contributed by atoms with E-state index >= 15 is 0 Å². The van der Waals surface area contributed by atoms with E-state index in [-0.39, 0.29) is 0 Å². The molecule has 2 heterocycles. The van der Waals surface area contributed by atoms with Crippen molar-refractivity contribution < 1.29 is 0 Å². The molecule has 0 aliphatic carbocycles. The van der Waals surface area contributed by atoms with Gasteiger partial charge in [0.15, 0.2) is 5.16 Å². The second-order valence-corrected chi connectivity index (χ2v) is 4.55. The van der Waals surface area contributed by atoms with Crippen molar-refractivity contribution in [3.05, 3.63) is 35.8 Å². The Morgan fingerprint density at radius 2 is 2.25 bits per heavy atom. The van der Waals surface area contributed by atoms with Crippen LogP contribution in [-0.4, -0.2) is 14.5 Å². The Kier molecular flexibility index (Phi) is 3.26. The number of aromatic nitrogens is 3. The number of pyridine rings is 1. The third kappa shape index (κ3) is 2.25. The Labute approximate surface area is 98.9 Å². The Balaban J connectivity index is 2.25. The van der Waals surface area contributed by atoms with Crippen molar-refractivity contribution in [2.75, 3.05) is 0 Å². The van der Waals surface area contributed by atoms with E-state index in [0.29, 0.717) is 6.54 Å². The summed E-state index contributed by atoms with van der Waals surface area (Å²) in [6.45, 7) is 2.57. The Hall–Kier alpha value is -1.33. The number of aryl methyl sites for hydroxylation is 2. The van der Waals surface area contributed by atoms with Gasteiger partial charge in [0.05, 0.1) is 0 Å². The van der Waals surface area contributed by atoms with E-state index in [1.54, 1.807) is 18.0 Å². The van der Waals surface area contributed by atoms with Gasteiger partial charge in [-0.15, -0.1) is 0 Å². The zero-order chi connectivity index (χ0) is 11.5. The minimum absolute atomic E-state index is 0.529. The van der Waals surface area contributed by atoms with Crippen molar-refractivity contribution in [1.29, 1.82) is 0 Å². The summed E-state index contributed by atoms with van der Waals surface area (Å²) < 4.78 is 1.97. The topological polar surface area (TPSA) is 56.7 Å². The predicted octanol–water partition coefficient (Wildman–Crippen LogP) is 1.73. The first-order valence-electron chi connectivity index (χ1n) is 5.01. The van der Waals surface area contributed by atoms with E-state index in [0.717, 1.165) is 21.3 Å². The molecule has 2 aromatic rings. The zero-order valence-corrected chi connectivity index (χ0v) is 10.2. The lowest BCUT2D eigenvalue weighted by molar-refractivity contribution is 0.788.